The predicted octanol–water partition coefficient (Wildman–Crippen LogP) is 4.56. The van der Waals surface area contributed by atoms with Crippen LogP contribution in [-0.4, -0.2) is 38.1 Å². The molecule has 0 unspecified atom stereocenters. The molecule has 1 N–H and O–H groups in total. The summed E-state index contributed by atoms with van der Waals surface area (Å²) in [4.78, 5) is 14.9. The Bertz CT molecular complexity index is 851. The molecule has 1 aliphatic heterocycles. The van der Waals surface area contributed by atoms with Crippen molar-refractivity contribution in [3.05, 3.63) is 77.4 Å². The van der Waals surface area contributed by atoms with Crippen LogP contribution in [0.1, 0.15) is 25.0 Å². The molecule has 146 valence electrons. The van der Waals surface area contributed by atoms with E-state index in [0.29, 0.717) is 4.32 Å². The number of rotatable bonds is 6. The van der Waals surface area contributed by atoms with Gasteiger partial charge in [0.1, 0.15) is 4.32 Å². The minimum atomic E-state index is -0.849. The van der Waals surface area contributed by atoms with Gasteiger partial charge < -0.3 is 5.11 Å². The minimum absolute atomic E-state index is 0.0282. The van der Waals surface area contributed by atoms with Gasteiger partial charge in [-0.05, 0) is 30.0 Å². The fourth-order valence-corrected chi connectivity index (χ4v) is 4.84. The van der Waals surface area contributed by atoms with Gasteiger partial charge in [-0.1, -0.05) is 97.6 Å². The van der Waals surface area contributed by atoms with Crippen molar-refractivity contribution >= 4 is 40.3 Å². The summed E-state index contributed by atoms with van der Waals surface area (Å²) in [7, 11) is 0. The number of aliphatic hydroxyl groups excluding tert-OH is 1. The molecule has 0 bridgehead atoms. The molecule has 1 heterocycles. The van der Waals surface area contributed by atoms with Crippen molar-refractivity contribution in [2.75, 3.05) is 5.75 Å². The number of hydrogen-bond donors (Lipinski definition) is 1. The number of nitrogens with zero attached hydrogens (tertiary/aromatic N) is 1. The number of hydrogen-bond acceptors (Lipinski definition) is 4. The monoisotopic (exact) mass is 411 g/mol. The van der Waals surface area contributed by atoms with Crippen molar-refractivity contribution in [3.63, 3.8) is 0 Å². The molecule has 1 fully saturated rings. The fraction of sp³-hybridized carbons (Fsp3) is 0.304. The van der Waals surface area contributed by atoms with E-state index < -0.39 is 12.0 Å². The van der Waals surface area contributed by atoms with E-state index in [1.807, 2.05) is 61.5 Å². The van der Waals surface area contributed by atoms with E-state index in [4.69, 9.17) is 12.2 Å². The number of carbonyl (C=O) groups excluding carboxylic acids is 1. The van der Waals surface area contributed by atoms with Crippen molar-refractivity contribution in [2.45, 2.75) is 32.4 Å². The zero-order valence-corrected chi connectivity index (χ0v) is 17.7. The van der Waals surface area contributed by atoms with E-state index in [1.165, 1.54) is 5.56 Å². The summed E-state index contributed by atoms with van der Waals surface area (Å²) < 4.78 is 0.606. The second-order valence-electron chi connectivity index (χ2n) is 7.16. The summed E-state index contributed by atoms with van der Waals surface area (Å²) in [5.74, 6) is 0.125. The number of carbonyl (C=O) groups is 1. The van der Waals surface area contributed by atoms with E-state index in [1.54, 1.807) is 23.6 Å². The van der Waals surface area contributed by atoms with E-state index >= 15 is 0 Å². The molecule has 5 heteroatoms. The maximum absolute atomic E-state index is 13.2. The van der Waals surface area contributed by atoms with Crippen LogP contribution in [0, 0.1) is 5.92 Å². The Labute approximate surface area is 176 Å². The molecule has 3 nitrogen and oxygen atoms in total. The number of amides is 1. The lowest BCUT2D eigenvalue weighted by Crippen LogP contribution is -2.45. The highest BCUT2D eigenvalue weighted by Crippen LogP contribution is 2.30. The topological polar surface area (TPSA) is 40.5 Å². The van der Waals surface area contributed by atoms with E-state index in [0.717, 1.165) is 23.3 Å². The van der Waals surface area contributed by atoms with Crippen molar-refractivity contribution in [2.24, 2.45) is 5.92 Å². The molecule has 0 radical (unpaired) electrons. The summed E-state index contributed by atoms with van der Waals surface area (Å²) >= 11 is 7.00. The van der Waals surface area contributed by atoms with Gasteiger partial charge in [0.15, 0.2) is 0 Å². The number of benzene rings is 2. The lowest BCUT2D eigenvalue weighted by atomic mass is 9.94. The molecule has 1 aliphatic rings. The third-order valence-electron chi connectivity index (χ3n) is 5.04. The Morgan fingerprint density at radius 3 is 2.46 bits per heavy atom. The first-order chi connectivity index (χ1) is 13.5. The second kappa shape index (κ2) is 9.50. The highest BCUT2D eigenvalue weighted by molar-refractivity contribution is 8.23. The first-order valence-electron chi connectivity index (χ1n) is 9.42. The smallest absolute Gasteiger partial charge is 0.234 e. The van der Waals surface area contributed by atoms with E-state index in [9.17, 15) is 9.90 Å². The molecule has 2 aromatic carbocycles. The van der Waals surface area contributed by atoms with Crippen LogP contribution in [0.15, 0.2) is 66.2 Å². The lowest BCUT2D eigenvalue weighted by Gasteiger charge is -2.29. The van der Waals surface area contributed by atoms with Crippen LogP contribution in [0.2, 0.25) is 0 Å². The van der Waals surface area contributed by atoms with Crippen molar-refractivity contribution in [1.29, 1.82) is 0 Å². The largest absolute Gasteiger partial charge is 0.388 e. The Kier molecular flexibility index (Phi) is 7.05. The SMILES string of the molecule is C/C(=C\c1ccccc1)[C@@H](O)[C@@H](C)C(=O)N1C(=S)SC[C@@H]1Cc1ccccc1. The number of thiocarbonyl (C=S) groups is 1. The predicted molar refractivity (Wildman–Crippen MR) is 121 cm³/mol. The maximum Gasteiger partial charge on any atom is 0.234 e. The van der Waals surface area contributed by atoms with Crippen LogP contribution in [0.5, 0.6) is 0 Å². The Hall–Kier alpha value is -1.95. The average Bonchev–Trinajstić information content (AvgIpc) is 3.07. The first-order valence-corrected chi connectivity index (χ1v) is 10.8. The maximum atomic E-state index is 13.2. The highest BCUT2D eigenvalue weighted by Gasteiger charge is 2.38. The van der Waals surface area contributed by atoms with Crippen LogP contribution < -0.4 is 0 Å². The van der Waals surface area contributed by atoms with Gasteiger partial charge in [0.25, 0.3) is 0 Å². The Balaban J connectivity index is 1.73. The summed E-state index contributed by atoms with van der Waals surface area (Å²) in [5.41, 5.74) is 2.96. The van der Waals surface area contributed by atoms with Crippen molar-refractivity contribution < 1.29 is 9.90 Å². The fourth-order valence-electron chi connectivity index (χ4n) is 3.41. The molecular formula is C23H25NO2S2. The molecule has 0 aromatic heterocycles. The Morgan fingerprint density at radius 2 is 1.82 bits per heavy atom. The van der Waals surface area contributed by atoms with Crippen molar-refractivity contribution in [1.82, 2.24) is 4.90 Å². The van der Waals surface area contributed by atoms with E-state index in [2.05, 4.69) is 12.1 Å². The molecule has 3 atom stereocenters. The molecule has 2 aromatic rings. The molecular weight excluding hydrogens is 386 g/mol. The van der Waals surface area contributed by atoms with Gasteiger partial charge in [0.05, 0.1) is 18.1 Å². The van der Waals surface area contributed by atoms with E-state index in [-0.39, 0.29) is 11.9 Å². The highest BCUT2D eigenvalue weighted by atomic mass is 32.2. The van der Waals surface area contributed by atoms with Gasteiger partial charge in [-0.3, -0.25) is 9.69 Å². The Morgan fingerprint density at radius 1 is 1.21 bits per heavy atom. The summed E-state index contributed by atoms with van der Waals surface area (Å²) in [6.45, 7) is 3.64. The van der Waals surface area contributed by atoms with Gasteiger partial charge in [-0.15, -0.1) is 0 Å². The number of thioether (sulfide) groups is 1. The zero-order valence-electron chi connectivity index (χ0n) is 16.1. The van der Waals surface area contributed by atoms with Crippen molar-refractivity contribution in [3.8, 4) is 0 Å². The van der Waals surface area contributed by atoms with Crippen LogP contribution in [0.4, 0.5) is 0 Å². The minimum Gasteiger partial charge on any atom is -0.388 e. The lowest BCUT2D eigenvalue weighted by molar-refractivity contribution is -0.134. The van der Waals surface area contributed by atoms with Crippen LogP contribution >= 0.6 is 24.0 Å². The second-order valence-corrected chi connectivity index (χ2v) is 8.82. The molecule has 0 saturated carbocycles. The van der Waals surface area contributed by atoms with Gasteiger partial charge in [-0.2, -0.15) is 0 Å². The summed E-state index contributed by atoms with van der Waals surface area (Å²) in [5, 5.41) is 10.8. The van der Waals surface area contributed by atoms with Gasteiger partial charge >= 0.3 is 0 Å². The summed E-state index contributed by atoms with van der Waals surface area (Å²) in [6.07, 6.45) is 1.84. The third kappa shape index (κ3) is 4.90. The number of aliphatic hydroxyl groups is 1. The van der Waals surface area contributed by atoms with Gasteiger partial charge in [0.2, 0.25) is 5.91 Å². The zero-order chi connectivity index (χ0) is 20.1. The normalized spacial score (nSPS) is 19.5. The van der Waals surface area contributed by atoms with Gasteiger partial charge in [-0.25, -0.2) is 0 Å². The summed E-state index contributed by atoms with van der Waals surface area (Å²) in [6, 6.07) is 20.0. The molecule has 28 heavy (non-hydrogen) atoms. The van der Waals surface area contributed by atoms with Gasteiger partial charge in [0, 0.05) is 5.75 Å². The standard InChI is InChI=1S/C23H25NO2S2/c1-16(13-18-9-5-3-6-10-18)21(25)17(2)22(26)24-20(15-28-23(24)27)14-19-11-7-4-8-12-19/h3-13,17,20-21,25H,14-15H2,1-2H3/b16-13+/t17-,20+,21-/m1/s1. The average molecular weight is 412 g/mol. The third-order valence-corrected chi connectivity index (χ3v) is 6.58. The van der Waals surface area contributed by atoms with Crippen LogP contribution in [0.25, 0.3) is 6.08 Å². The molecule has 0 aliphatic carbocycles. The van der Waals surface area contributed by atoms with Crippen LogP contribution in [-0.2, 0) is 11.2 Å². The quantitative estimate of drug-likeness (QED) is 0.708. The molecule has 3 rings (SSSR count). The molecule has 1 saturated heterocycles. The first kappa shape index (κ1) is 20.8. The molecule has 0 spiro atoms. The van der Waals surface area contributed by atoms with Crippen LogP contribution in [0.3, 0.4) is 0 Å². The molecule has 1 amide bonds.